The molecule has 1 fully saturated rings. The summed E-state index contributed by atoms with van der Waals surface area (Å²) >= 11 is 0. The van der Waals surface area contributed by atoms with Gasteiger partial charge in [-0.2, -0.15) is 0 Å². The second-order valence-corrected chi connectivity index (χ2v) is 7.35. The second kappa shape index (κ2) is 8.06. The van der Waals surface area contributed by atoms with E-state index in [0.717, 1.165) is 31.9 Å². The molecule has 26 heavy (non-hydrogen) atoms. The van der Waals surface area contributed by atoms with E-state index in [4.69, 9.17) is 4.42 Å². The van der Waals surface area contributed by atoms with Gasteiger partial charge in [-0.1, -0.05) is 30.7 Å². The van der Waals surface area contributed by atoms with Crippen LogP contribution in [0.15, 0.2) is 47.1 Å². The van der Waals surface area contributed by atoms with Crippen molar-refractivity contribution in [3.8, 4) is 0 Å². The molecule has 0 aliphatic carbocycles. The van der Waals surface area contributed by atoms with Crippen molar-refractivity contribution >= 4 is 5.91 Å². The van der Waals surface area contributed by atoms with E-state index in [9.17, 15) is 4.79 Å². The van der Waals surface area contributed by atoms with E-state index in [1.165, 1.54) is 30.4 Å². The number of hydrogen-bond acceptors (Lipinski definition) is 4. The maximum absolute atomic E-state index is 12.5. The highest BCUT2D eigenvalue weighted by molar-refractivity contribution is 5.78. The summed E-state index contributed by atoms with van der Waals surface area (Å²) in [5.41, 5.74) is 2.67. The number of nitrogens with zero attached hydrogens (tertiary/aromatic N) is 2. The quantitative estimate of drug-likeness (QED) is 0.867. The molecule has 138 valence electrons. The number of amides is 1. The molecule has 1 aromatic heterocycles. The standard InChI is InChI=1S/C21H27N3O2/c25-21(16-23-14-17-7-2-3-8-18(17)15-23)22-13-19(20-9-6-12-26-20)24-10-4-1-5-11-24/h2-3,6-9,12,19H,1,4-5,10-11,13-16H2,(H,22,25)/t19-/m1/s1. The number of fused-ring (bicyclic) bond motifs is 1. The van der Waals surface area contributed by atoms with E-state index in [2.05, 4.69) is 39.4 Å². The van der Waals surface area contributed by atoms with Gasteiger partial charge in [-0.15, -0.1) is 0 Å². The normalized spacial score (nSPS) is 19.2. The molecule has 1 saturated heterocycles. The van der Waals surface area contributed by atoms with Crippen LogP contribution in [-0.4, -0.2) is 41.9 Å². The molecule has 1 atom stereocenters. The SMILES string of the molecule is O=C(CN1Cc2ccccc2C1)NC[C@H](c1ccco1)N1CCCCC1. The first-order chi connectivity index (χ1) is 12.8. The molecule has 1 N–H and O–H groups in total. The maximum Gasteiger partial charge on any atom is 0.234 e. The molecule has 2 aromatic rings. The third kappa shape index (κ3) is 4.00. The van der Waals surface area contributed by atoms with Gasteiger partial charge in [0.25, 0.3) is 0 Å². The van der Waals surface area contributed by atoms with Crippen LogP contribution in [0.25, 0.3) is 0 Å². The van der Waals surface area contributed by atoms with Crippen molar-refractivity contribution < 1.29 is 9.21 Å². The minimum absolute atomic E-state index is 0.0892. The van der Waals surface area contributed by atoms with E-state index in [1.54, 1.807) is 6.26 Å². The summed E-state index contributed by atoms with van der Waals surface area (Å²) in [7, 11) is 0. The Morgan fingerprint density at radius 1 is 1.04 bits per heavy atom. The van der Waals surface area contributed by atoms with Gasteiger partial charge in [0.15, 0.2) is 0 Å². The number of furan rings is 1. The summed E-state index contributed by atoms with van der Waals surface area (Å²) in [6.45, 7) is 4.91. The van der Waals surface area contributed by atoms with Gasteiger partial charge in [-0.05, 0) is 49.2 Å². The lowest BCUT2D eigenvalue weighted by Gasteiger charge is -2.33. The molecule has 1 aromatic carbocycles. The van der Waals surface area contributed by atoms with Crippen molar-refractivity contribution in [2.45, 2.75) is 38.4 Å². The Bertz CT molecular complexity index is 698. The highest BCUT2D eigenvalue weighted by Gasteiger charge is 2.26. The lowest BCUT2D eigenvalue weighted by atomic mass is 10.1. The van der Waals surface area contributed by atoms with Crippen LogP contribution < -0.4 is 5.32 Å². The number of likely N-dealkylation sites (tertiary alicyclic amines) is 1. The Hall–Kier alpha value is -2.11. The lowest BCUT2D eigenvalue weighted by molar-refractivity contribution is -0.122. The highest BCUT2D eigenvalue weighted by Crippen LogP contribution is 2.25. The molecule has 0 unspecified atom stereocenters. The van der Waals surface area contributed by atoms with Crippen LogP contribution in [0.1, 0.15) is 42.2 Å². The van der Waals surface area contributed by atoms with Gasteiger partial charge in [-0.3, -0.25) is 14.6 Å². The number of carbonyl (C=O) groups is 1. The van der Waals surface area contributed by atoms with Crippen molar-refractivity contribution in [2.24, 2.45) is 0 Å². The monoisotopic (exact) mass is 353 g/mol. The van der Waals surface area contributed by atoms with E-state index in [-0.39, 0.29) is 11.9 Å². The van der Waals surface area contributed by atoms with Crippen LogP contribution in [0.5, 0.6) is 0 Å². The fourth-order valence-corrected chi connectivity index (χ4v) is 4.11. The minimum Gasteiger partial charge on any atom is -0.468 e. The predicted octanol–water partition coefficient (Wildman–Crippen LogP) is 2.94. The largest absolute Gasteiger partial charge is 0.468 e. The van der Waals surface area contributed by atoms with E-state index < -0.39 is 0 Å². The Morgan fingerprint density at radius 3 is 2.42 bits per heavy atom. The third-order valence-corrected chi connectivity index (χ3v) is 5.47. The Morgan fingerprint density at radius 2 is 1.77 bits per heavy atom. The van der Waals surface area contributed by atoms with Crippen LogP contribution in [0, 0.1) is 0 Å². The van der Waals surface area contributed by atoms with Gasteiger partial charge in [0, 0.05) is 19.6 Å². The second-order valence-electron chi connectivity index (χ2n) is 7.35. The first kappa shape index (κ1) is 17.3. The smallest absolute Gasteiger partial charge is 0.234 e. The fourth-order valence-electron chi connectivity index (χ4n) is 4.11. The molecule has 5 nitrogen and oxygen atoms in total. The maximum atomic E-state index is 12.5. The molecule has 2 aliphatic heterocycles. The number of hydrogen-bond donors (Lipinski definition) is 1. The van der Waals surface area contributed by atoms with Crippen molar-refractivity contribution in [3.63, 3.8) is 0 Å². The molecule has 0 spiro atoms. The summed E-state index contributed by atoms with van der Waals surface area (Å²) in [5.74, 6) is 1.03. The third-order valence-electron chi connectivity index (χ3n) is 5.47. The molecule has 2 aliphatic rings. The van der Waals surface area contributed by atoms with Crippen molar-refractivity contribution in [2.75, 3.05) is 26.2 Å². The molecule has 0 saturated carbocycles. The average Bonchev–Trinajstić information content (AvgIpc) is 3.32. The predicted molar refractivity (Wildman–Crippen MR) is 100 cm³/mol. The number of nitrogens with one attached hydrogen (secondary N) is 1. The number of piperidine rings is 1. The molecule has 0 bridgehead atoms. The van der Waals surface area contributed by atoms with Crippen molar-refractivity contribution in [1.29, 1.82) is 0 Å². The minimum atomic E-state index is 0.0892. The molecule has 0 radical (unpaired) electrons. The Labute approximate surface area is 155 Å². The fraction of sp³-hybridized carbons (Fsp3) is 0.476. The van der Waals surface area contributed by atoms with Crippen LogP contribution in [0.4, 0.5) is 0 Å². The van der Waals surface area contributed by atoms with Gasteiger partial charge in [0.05, 0.1) is 18.8 Å². The van der Waals surface area contributed by atoms with Crippen LogP contribution in [0.2, 0.25) is 0 Å². The number of rotatable bonds is 6. The van der Waals surface area contributed by atoms with Crippen LogP contribution in [-0.2, 0) is 17.9 Å². The van der Waals surface area contributed by atoms with Gasteiger partial charge < -0.3 is 9.73 Å². The zero-order chi connectivity index (χ0) is 17.8. The van der Waals surface area contributed by atoms with Gasteiger partial charge in [0.1, 0.15) is 5.76 Å². The van der Waals surface area contributed by atoms with E-state index in [1.807, 2.05) is 12.1 Å². The Balaban J connectivity index is 1.32. The Kier molecular flexibility index (Phi) is 5.37. The summed E-state index contributed by atoms with van der Waals surface area (Å²) in [5, 5.41) is 3.14. The van der Waals surface area contributed by atoms with Gasteiger partial charge in [-0.25, -0.2) is 0 Å². The number of benzene rings is 1. The van der Waals surface area contributed by atoms with E-state index >= 15 is 0 Å². The average molecular weight is 353 g/mol. The first-order valence-electron chi connectivity index (χ1n) is 9.63. The lowest BCUT2D eigenvalue weighted by Crippen LogP contribution is -2.42. The summed E-state index contributed by atoms with van der Waals surface area (Å²) in [6.07, 6.45) is 5.45. The molecular formula is C21H27N3O2. The molecular weight excluding hydrogens is 326 g/mol. The molecule has 5 heteroatoms. The van der Waals surface area contributed by atoms with Crippen molar-refractivity contribution in [1.82, 2.24) is 15.1 Å². The molecule has 3 heterocycles. The number of carbonyl (C=O) groups excluding carboxylic acids is 1. The highest BCUT2D eigenvalue weighted by atomic mass is 16.3. The van der Waals surface area contributed by atoms with Crippen LogP contribution >= 0.6 is 0 Å². The van der Waals surface area contributed by atoms with Gasteiger partial charge >= 0.3 is 0 Å². The van der Waals surface area contributed by atoms with Crippen LogP contribution in [0.3, 0.4) is 0 Å². The first-order valence-corrected chi connectivity index (χ1v) is 9.63. The summed E-state index contributed by atoms with van der Waals surface area (Å²) in [6, 6.07) is 12.5. The topological polar surface area (TPSA) is 48.7 Å². The zero-order valence-electron chi connectivity index (χ0n) is 15.2. The summed E-state index contributed by atoms with van der Waals surface area (Å²) < 4.78 is 5.65. The summed E-state index contributed by atoms with van der Waals surface area (Å²) in [4.78, 5) is 17.1. The molecule has 4 rings (SSSR count). The molecule has 1 amide bonds. The van der Waals surface area contributed by atoms with Crippen molar-refractivity contribution in [3.05, 3.63) is 59.5 Å². The van der Waals surface area contributed by atoms with Gasteiger partial charge in [0.2, 0.25) is 5.91 Å². The van der Waals surface area contributed by atoms with E-state index in [0.29, 0.717) is 13.1 Å². The zero-order valence-corrected chi connectivity index (χ0v) is 15.2.